The molecule has 0 unspecified atom stereocenters. The third kappa shape index (κ3) is 38.7. The molecule has 1 saturated carbocycles. The average Bonchev–Trinajstić information content (AvgIpc) is 0.939. The van der Waals surface area contributed by atoms with E-state index in [1.165, 1.54) is 31.3 Å². The quantitative estimate of drug-likeness (QED) is 0.0178. The van der Waals surface area contributed by atoms with Gasteiger partial charge in [0.25, 0.3) is 17.6 Å². The molecule has 5 N–H and O–H groups in total. The Morgan fingerprint density at radius 1 is 0.662 bits per heavy atom. The number of aromatic nitrogens is 1. The topological polar surface area (TPSA) is 398 Å². The Balaban J connectivity index is 0.000000368. The molecular formula is C101H156N4O27S. The number of carbonyl (C=O) groups excluding carboxylic acids is 7. The monoisotopic (exact) mass is 1890 g/mol. The molecule has 2 aromatic carbocycles. The van der Waals surface area contributed by atoms with Gasteiger partial charge in [0, 0.05) is 141 Å². The van der Waals surface area contributed by atoms with E-state index in [-0.39, 0.29) is 103 Å². The van der Waals surface area contributed by atoms with Crippen molar-refractivity contribution in [2.24, 2.45) is 35.5 Å². The standard InChI is InChI=1S/C56H89NO15.C29H33N3O6S.C16H34O6/c1-34-18-13-12-14-19-35(2)46(67-9)32-42-24-22-40(7)56(65,72-42)53(62)54(63)57-26-16-15-20-43(57)55(64)71-47(33-44(58)36(3)29-39(6)51(61)52(69-11)50(60)38(5)28-34)37(4)30-41-23-25-45(48(31-41)68-10)70-49(59)21-17-27-66-8;1-20-16-25(39(35,36)15-3-4-24(33)11-13-37-2)7-8-26(20)29(34)32-12-14-38-27-9-5-21(17-23(27)19-32)22-6-10-28(30)31-18-22;1-3-5-17-7-9-19-11-13-21-15-16-22-14-12-20-10-8-18-6-4-2/h12-14,18-19,29,34,36-38,40-48,51-52,58,61,65H,15-17,20-28,30-33H2,1-11H3;5-10,16-18H,3-4,11-15,19H2,1-2H3,(H2,30,31);3-16H2,1-2H3/b14-12+,18-13+,35-19+,39-29+;;/t34-,36-,37-,38-,40-,41+,42+,43+,44-,45-,46+,47+,48-,51-,52+,56-;;/m1../s1. The number of ketones is 3. The lowest BCUT2D eigenvalue weighted by molar-refractivity contribution is -0.265. The molecule has 8 rings (SSSR count). The second kappa shape index (κ2) is 61.6. The van der Waals surface area contributed by atoms with Crippen LogP contribution >= 0.6 is 0 Å². The molecule has 3 aromatic rings. The molecule has 1 aliphatic carbocycles. The first-order valence-corrected chi connectivity index (χ1v) is 49.3. The number of methoxy groups -OCH3 is 5. The van der Waals surface area contributed by atoms with E-state index in [0.717, 1.165) is 54.1 Å². The number of cyclic esters (lactones) is 1. The van der Waals surface area contributed by atoms with Gasteiger partial charge < -0.3 is 102 Å². The van der Waals surface area contributed by atoms with Crippen LogP contribution in [0.3, 0.4) is 0 Å². The Kier molecular flexibility index (Phi) is 52.8. The average molecular weight is 1890 g/mol. The molecule has 133 heavy (non-hydrogen) atoms. The first-order valence-electron chi connectivity index (χ1n) is 47.7. The number of ether oxygens (including phenoxy) is 15. The van der Waals surface area contributed by atoms with E-state index in [1.54, 1.807) is 78.3 Å². The van der Waals surface area contributed by atoms with Crippen molar-refractivity contribution >= 4 is 56.8 Å². The third-order valence-electron chi connectivity index (χ3n) is 24.9. The molecule has 0 radical (unpaired) electrons. The van der Waals surface area contributed by atoms with Crippen molar-refractivity contribution in [3.05, 3.63) is 119 Å². The van der Waals surface area contributed by atoms with Gasteiger partial charge in [0.1, 0.15) is 54.4 Å². The summed E-state index contributed by atoms with van der Waals surface area (Å²) < 4.78 is 109. The Morgan fingerprint density at radius 3 is 1.92 bits per heavy atom. The maximum Gasteiger partial charge on any atom is 0.329 e. The Morgan fingerprint density at radius 2 is 1.32 bits per heavy atom. The maximum absolute atomic E-state index is 14.6. The number of hydrogen-bond acceptors (Lipinski definition) is 29. The van der Waals surface area contributed by atoms with Crippen molar-refractivity contribution in [3.8, 4) is 16.9 Å². The summed E-state index contributed by atoms with van der Waals surface area (Å²) in [5.74, 6) is -7.02. The van der Waals surface area contributed by atoms with Gasteiger partial charge in [-0.1, -0.05) is 91.0 Å². The van der Waals surface area contributed by atoms with Crippen molar-refractivity contribution < 1.29 is 128 Å². The highest BCUT2D eigenvalue weighted by Crippen LogP contribution is 2.40. The second-order valence-corrected chi connectivity index (χ2v) is 37.7. The number of aryl methyl sites for hydroxylation is 1. The number of nitrogen functional groups attached to an aromatic ring is 1. The van der Waals surface area contributed by atoms with E-state index < -0.39 is 99.8 Å². The van der Waals surface area contributed by atoms with Crippen LogP contribution in [-0.4, -0.2) is 294 Å². The summed E-state index contributed by atoms with van der Waals surface area (Å²) in [7, 11) is 4.08. The predicted molar refractivity (Wildman–Crippen MR) is 505 cm³/mol. The van der Waals surface area contributed by atoms with Crippen molar-refractivity contribution in [1.29, 1.82) is 0 Å². The number of anilines is 1. The van der Waals surface area contributed by atoms with Crippen LogP contribution in [0.25, 0.3) is 11.1 Å². The van der Waals surface area contributed by atoms with Crippen LogP contribution < -0.4 is 10.5 Å². The number of Topliss-reactive ketones (excluding diaryl/α,β-unsaturated/α-hetero) is 3. The van der Waals surface area contributed by atoms with Gasteiger partial charge in [0.2, 0.25) is 5.79 Å². The van der Waals surface area contributed by atoms with E-state index >= 15 is 0 Å². The fourth-order valence-corrected chi connectivity index (χ4v) is 18.3. The zero-order valence-corrected chi connectivity index (χ0v) is 82.5. The maximum atomic E-state index is 14.6. The van der Waals surface area contributed by atoms with Crippen LogP contribution in [0.4, 0.5) is 5.82 Å². The minimum absolute atomic E-state index is 0.0103. The van der Waals surface area contributed by atoms with Gasteiger partial charge in [-0.3, -0.25) is 28.8 Å². The van der Waals surface area contributed by atoms with Gasteiger partial charge in [-0.05, 0) is 193 Å². The van der Waals surface area contributed by atoms with Gasteiger partial charge in [-0.2, -0.15) is 0 Å². The van der Waals surface area contributed by atoms with Crippen molar-refractivity contribution in [2.75, 3.05) is 159 Å². The molecule has 748 valence electrons. The molecule has 4 aliphatic heterocycles. The molecule has 1 aromatic heterocycles. The molecule has 2 amide bonds. The number of nitrogens with zero attached hydrogens (tertiary/aromatic N) is 3. The highest BCUT2D eigenvalue weighted by atomic mass is 32.2. The van der Waals surface area contributed by atoms with Crippen molar-refractivity contribution in [2.45, 2.75) is 263 Å². The zero-order valence-electron chi connectivity index (χ0n) is 81.7. The number of sulfone groups is 1. The highest BCUT2D eigenvalue weighted by molar-refractivity contribution is 7.91. The fraction of sp³-hybridized carbons (Fsp3) is 0.683. The number of amides is 2. The lowest BCUT2D eigenvalue weighted by Crippen LogP contribution is -2.61. The summed E-state index contributed by atoms with van der Waals surface area (Å²) in [6, 6.07) is 12.9. The van der Waals surface area contributed by atoms with Gasteiger partial charge >= 0.3 is 11.9 Å². The number of allylic oxidation sites excluding steroid dienone is 5. The number of rotatable bonds is 40. The molecule has 16 atom stereocenters. The molecule has 3 fully saturated rings. The summed E-state index contributed by atoms with van der Waals surface area (Å²) in [6.45, 7) is 28.4. The van der Waals surface area contributed by atoms with E-state index in [9.17, 15) is 57.3 Å². The molecule has 2 saturated heterocycles. The number of piperidine rings is 1. The number of fused-ring (bicyclic) bond motifs is 4. The highest BCUT2D eigenvalue weighted by Gasteiger charge is 2.53. The molecule has 5 heterocycles. The summed E-state index contributed by atoms with van der Waals surface area (Å²) >= 11 is 0. The number of nitrogens with two attached hydrogens (primary N) is 1. The fourth-order valence-electron chi connectivity index (χ4n) is 16.9. The molecule has 2 bridgehead atoms. The summed E-state index contributed by atoms with van der Waals surface area (Å²) in [4.78, 5) is 102. The minimum atomic E-state index is -3.59. The van der Waals surface area contributed by atoms with E-state index in [1.807, 2.05) is 82.3 Å². The normalized spacial score (nSPS) is 26.6. The lowest BCUT2D eigenvalue weighted by Gasteiger charge is -2.43. The van der Waals surface area contributed by atoms with Gasteiger partial charge in [0.15, 0.2) is 15.6 Å². The largest absolute Gasteiger partial charge is 0.491 e. The summed E-state index contributed by atoms with van der Waals surface area (Å²) in [6.07, 6.45) is 15.9. The lowest BCUT2D eigenvalue weighted by atomic mass is 9.78. The van der Waals surface area contributed by atoms with Crippen molar-refractivity contribution in [1.82, 2.24) is 14.8 Å². The van der Waals surface area contributed by atoms with Gasteiger partial charge in [-0.15, -0.1) is 0 Å². The summed E-state index contributed by atoms with van der Waals surface area (Å²) in [5, 5.41) is 35.5. The van der Waals surface area contributed by atoms with Crippen molar-refractivity contribution in [3.63, 3.8) is 0 Å². The smallest absolute Gasteiger partial charge is 0.329 e. The molecular weight excluding hydrogens is 1730 g/mol. The molecule has 32 heteroatoms. The number of pyridine rings is 1. The van der Waals surface area contributed by atoms with Crippen LogP contribution in [0, 0.1) is 42.4 Å². The van der Waals surface area contributed by atoms with Crippen LogP contribution in [0.5, 0.6) is 5.75 Å². The second-order valence-electron chi connectivity index (χ2n) is 35.6. The van der Waals surface area contributed by atoms with E-state index in [0.29, 0.717) is 192 Å². The minimum Gasteiger partial charge on any atom is -0.491 e. The van der Waals surface area contributed by atoms with Crippen LogP contribution in [-0.2, 0) is 111 Å². The Bertz CT molecular complexity index is 4220. The van der Waals surface area contributed by atoms with Gasteiger partial charge in [-0.25, -0.2) is 18.2 Å². The van der Waals surface area contributed by atoms with E-state index in [4.69, 9.17) is 76.8 Å². The Hall–Kier alpha value is -7.61. The SMILES string of the molecule is CCCOCCOCCOCCOCCOCCOCCC.COCCC(=O)CCCS(=O)(=O)c1ccc(C(=O)N2CCOc3ccc(-c4ccc(N)nc4)cc3C2)c(C)c1.COCCCC(=O)O[C@@H]1CC[C@@H](C[C@@H](C)[C@@H]2C[C@@H](O)[C@H](C)/C=C(\C)[C@@H](O)[C@@H](OC)C(=O)[C@H](C)C[C@H](C)/C=C/C=C/C=C(\C)[C@@H](OC)C[C@@H]3CC[C@@H](C)[C@@](O)(O3)C(=O)C(=O)N3CCCC[C@H]3C(=O)O2)C[C@H]1OC. The number of esters is 2. The van der Waals surface area contributed by atoms with Crippen LogP contribution in [0.15, 0.2) is 107 Å². The molecule has 0 spiro atoms. The first-order chi connectivity index (χ1) is 63.8. The van der Waals surface area contributed by atoms with Gasteiger partial charge in [0.05, 0.1) is 114 Å². The number of benzene rings is 2. The zero-order chi connectivity index (χ0) is 97.4. The third-order valence-corrected chi connectivity index (χ3v) is 26.7. The van der Waals surface area contributed by atoms with E-state index in [2.05, 4.69) is 18.8 Å². The first kappa shape index (κ1) is 114. The number of aliphatic hydroxyl groups is 3. The number of hydrogen-bond donors (Lipinski definition) is 4. The Labute approximate surface area is 789 Å². The summed E-state index contributed by atoms with van der Waals surface area (Å²) in [5.41, 5.74) is 10.7. The molecule has 31 nitrogen and oxygen atoms in total. The number of aliphatic hydroxyl groups excluding tert-OH is 2. The molecule has 5 aliphatic rings. The number of carbonyl (C=O) groups is 7. The van der Waals surface area contributed by atoms with Crippen LogP contribution in [0.2, 0.25) is 0 Å². The predicted octanol–water partition coefficient (Wildman–Crippen LogP) is 12.7. The van der Waals surface area contributed by atoms with Crippen LogP contribution in [0.1, 0.15) is 206 Å².